The molecule has 0 aliphatic carbocycles. The van der Waals surface area contributed by atoms with Crippen LogP contribution in [-0.4, -0.2) is 37.5 Å². The van der Waals surface area contributed by atoms with Gasteiger partial charge in [0.1, 0.15) is 18.2 Å². The second-order valence-corrected chi connectivity index (χ2v) is 7.54. The van der Waals surface area contributed by atoms with Crippen molar-refractivity contribution in [2.75, 3.05) is 27.9 Å². The molecule has 0 unspecified atom stereocenters. The van der Waals surface area contributed by atoms with Gasteiger partial charge in [-0.15, -0.1) is 0 Å². The number of aryl methyl sites for hydroxylation is 1. The number of imidazole rings is 1. The van der Waals surface area contributed by atoms with Crippen LogP contribution in [0.25, 0.3) is 22.4 Å². The van der Waals surface area contributed by atoms with Crippen molar-refractivity contribution in [2.45, 2.75) is 20.4 Å². The number of aromatic nitrogens is 2. The first-order valence-corrected chi connectivity index (χ1v) is 10.5. The molecule has 4 aromatic rings. The fraction of sp³-hybridized carbons (Fsp3) is 0.269. The van der Waals surface area contributed by atoms with Gasteiger partial charge in [-0.2, -0.15) is 0 Å². The minimum absolute atomic E-state index is 0.516. The Morgan fingerprint density at radius 2 is 1.53 bits per heavy atom. The molecule has 166 valence electrons. The molecule has 1 heterocycles. The normalized spacial score (nSPS) is 10.9. The van der Waals surface area contributed by atoms with Crippen LogP contribution in [0.1, 0.15) is 11.1 Å². The second kappa shape index (κ2) is 9.22. The summed E-state index contributed by atoms with van der Waals surface area (Å²) in [5, 5.41) is 0. The van der Waals surface area contributed by atoms with Gasteiger partial charge in [0.25, 0.3) is 0 Å². The highest BCUT2D eigenvalue weighted by Gasteiger charge is 2.19. The van der Waals surface area contributed by atoms with Crippen molar-refractivity contribution in [3.8, 4) is 34.4 Å². The summed E-state index contributed by atoms with van der Waals surface area (Å²) in [4.78, 5) is 4.90. The zero-order valence-electron chi connectivity index (χ0n) is 19.1. The summed E-state index contributed by atoms with van der Waals surface area (Å²) in [5.41, 5.74) is 5.22. The van der Waals surface area contributed by atoms with Gasteiger partial charge in [0.2, 0.25) is 5.75 Å². The van der Waals surface area contributed by atoms with Gasteiger partial charge in [-0.3, -0.25) is 0 Å². The molecule has 0 saturated carbocycles. The molecular formula is C26H28N2O4. The van der Waals surface area contributed by atoms with Crippen LogP contribution in [0.2, 0.25) is 0 Å². The van der Waals surface area contributed by atoms with E-state index in [1.165, 1.54) is 5.56 Å². The Hall–Kier alpha value is -3.67. The van der Waals surface area contributed by atoms with Gasteiger partial charge >= 0.3 is 0 Å². The standard InChI is InChI=1S/C26H28N2O4/c1-17-9-8-12-22(18(17)2)32-14-13-28-21-11-7-6-10-20(21)27-26(28)19-15-23(29-3)25(31-5)24(16-19)30-4/h6-12,15-16H,13-14H2,1-5H3. The first kappa shape index (κ1) is 21.6. The maximum atomic E-state index is 6.14. The van der Waals surface area contributed by atoms with Crippen LogP contribution in [0.4, 0.5) is 0 Å². The summed E-state index contributed by atoms with van der Waals surface area (Å²) in [6.07, 6.45) is 0. The molecule has 0 radical (unpaired) electrons. The Kier molecular flexibility index (Phi) is 6.21. The van der Waals surface area contributed by atoms with Crippen molar-refractivity contribution >= 4 is 11.0 Å². The van der Waals surface area contributed by atoms with E-state index in [9.17, 15) is 0 Å². The fourth-order valence-electron chi connectivity index (χ4n) is 3.86. The van der Waals surface area contributed by atoms with E-state index >= 15 is 0 Å². The summed E-state index contributed by atoms with van der Waals surface area (Å²) < 4.78 is 24.9. The maximum Gasteiger partial charge on any atom is 0.203 e. The minimum Gasteiger partial charge on any atom is -0.493 e. The molecule has 1 aromatic heterocycles. The van der Waals surface area contributed by atoms with E-state index in [1.807, 2.05) is 42.5 Å². The summed E-state index contributed by atoms with van der Waals surface area (Å²) >= 11 is 0. The predicted molar refractivity (Wildman–Crippen MR) is 126 cm³/mol. The van der Waals surface area contributed by atoms with E-state index < -0.39 is 0 Å². The average molecular weight is 433 g/mol. The topological polar surface area (TPSA) is 54.7 Å². The minimum atomic E-state index is 0.516. The zero-order valence-corrected chi connectivity index (χ0v) is 19.1. The third-order valence-electron chi connectivity index (χ3n) is 5.70. The average Bonchev–Trinajstić information content (AvgIpc) is 3.19. The van der Waals surface area contributed by atoms with Crippen molar-refractivity contribution in [3.63, 3.8) is 0 Å². The molecule has 0 N–H and O–H groups in total. The number of rotatable bonds is 8. The summed E-state index contributed by atoms with van der Waals surface area (Å²) in [6.45, 7) is 5.33. The van der Waals surface area contributed by atoms with E-state index in [0.29, 0.717) is 30.4 Å². The Morgan fingerprint density at radius 3 is 2.22 bits per heavy atom. The Balaban J connectivity index is 1.73. The van der Waals surface area contributed by atoms with Gasteiger partial charge < -0.3 is 23.5 Å². The number of para-hydroxylation sites is 2. The molecule has 3 aromatic carbocycles. The molecule has 0 aliphatic rings. The molecule has 0 bridgehead atoms. The lowest BCUT2D eigenvalue weighted by molar-refractivity contribution is 0.298. The lowest BCUT2D eigenvalue weighted by Crippen LogP contribution is -2.10. The van der Waals surface area contributed by atoms with Gasteiger partial charge in [0.05, 0.1) is 38.9 Å². The Labute approximate surface area is 188 Å². The molecule has 0 fully saturated rings. The molecule has 0 spiro atoms. The third kappa shape index (κ3) is 3.96. The van der Waals surface area contributed by atoms with Gasteiger partial charge in [0.15, 0.2) is 11.5 Å². The number of methoxy groups -OCH3 is 3. The monoisotopic (exact) mass is 432 g/mol. The molecule has 4 rings (SSSR count). The van der Waals surface area contributed by atoms with Gasteiger partial charge in [-0.1, -0.05) is 24.3 Å². The largest absolute Gasteiger partial charge is 0.493 e. The highest BCUT2D eigenvalue weighted by molar-refractivity contribution is 5.81. The maximum absolute atomic E-state index is 6.14. The third-order valence-corrected chi connectivity index (χ3v) is 5.70. The zero-order chi connectivity index (χ0) is 22.7. The van der Waals surface area contributed by atoms with E-state index in [2.05, 4.69) is 30.5 Å². The lowest BCUT2D eigenvalue weighted by atomic mass is 10.1. The van der Waals surface area contributed by atoms with Crippen molar-refractivity contribution in [1.82, 2.24) is 9.55 Å². The van der Waals surface area contributed by atoms with Gasteiger partial charge in [-0.25, -0.2) is 4.98 Å². The molecule has 0 amide bonds. The van der Waals surface area contributed by atoms with Crippen LogP contribution in [0.15, 0.2) is 54.6 Å². The summed E-state index contributed by atoms with van der Waals surface area (Å²) in [7, 11) is 4.82. The van der Waals surface area contributed by atoms with Crippen molar-refractivity contribution in [1.29, 1.82) is 0 Å². The Morgan fingerprint density at radius 1 is 0.812 bits per heavy atom. The van der Waals surface area contributed by atoms with Gasteiger partial charge in [0, 0.05) is 5.56 Å². The van der Waals surface area contributed by atoms with Crippen LogP contribution in [0.3, 0.4) is 0 Å². The van der Waals surface area contributed by atoms with Crippen LogP contribution >= 0.6 is 0 Å². The molecule has 0 aliphatic heterocycles. The first-order chi connectivity index (χ1) is 15.6. The fourth-order valence-corrected chi connectivity index (χ4v) is 3.86. The smallest absolute Gasteiger partial charge is 0.203 e. The predicted octanol–water partition coefficient (Wildman–Crippen LogP) is 5.42. The number of fused-ring (bicyclic) bond motifs is 1. The van der Waals surface area contributed by atoms with E-state index in [0.717, 1.165) is 33.7 Å². The highest BCUT2D eigenvalue weighted by atomic mass is 16.5. The number of hydrogen-bond acceptors (Lipinski definition) is 5. The molecule has 32 heavy (non-hydrogen) atoms. The number of ether oxygens (including phenoxy) is 4. The van der Waals surface area contributed by atoms with Crippen LogP contribution in [0.5, 0.6) is 23.0 Å². The van der Waals surface area contributed by atoms with Gasteiger partial charge in [-0.05, 0) is 55.3 Å². The summed E-state index contributed by atoms with van der Waals surface area (Å²) in [6, 6.07) is 18.1. The summed E-state index contributed by atoms with van der Waals surface area (Å²) in [5.74, 6) is 3.46. The molecular weight excluding hydrogens is 404 g/mol. The first-order valence-electron chi connectivity index (χ1n) is 10.5. The van der Waals surface area contributed by atoms with E-state index in [4.69, 9.17) is 23.9 Å². The molecule has 6 nitrogen and oxygen atoms in total. The SMILES string of the molecule is COc1cc(-c2nc3ccccc3n2CCOc2cccc(C)c2C)cc(OC)c1OC. The molecule has 0 atom stereocenters. The van der Waals surface area contributed by atoms with Crippen molar-refractivity contribution in [3.05, 3.63) is 65.7 Å². The molecule has 0 saturated heterocycles. The van der Waals surface area contributed by atoms with Crippen LogP contribution in [0, 0.1) is 13.8 Å². The van der Waals surface area contributed by atoms with Crippen LogP contribution < -0.4 is 18.9 Å². The van der Waals surface area contributed by atoms with E-state index in [1.54, 1.807) is 21.3 Å². The lowest BCUT2D eigenvalue weighted by Gasteiger charge is -2.16. The van der Waals surface area contributed by atoms with Crippen molar-refractivity contribution < 1.29 is 18.9 Å². The van der Waals surface area contributed by atoms with Crippen LogP contribution in [-0.2, 0) is 6.54 Å². The second-order valence-electron chi connectivity index (χ2n) is 7.54. The van der Waals surface area contributed by atoms with Crippen molar-refractivity contribution in [2.24, 2.45) is 0 Å². The number of nitrogens with zero attached hydrogens (tertiary/aromatic N) is 2. The van der Waals surface area contributed by atoms with E-state index in [-0.39, 0.29) is 0 Å². The highest BCUT2D eigenvalue weighted by Crippen LogP contribution is 2.41. The number of benzene rings is 3. The molecule has 6 heteroatoms. The quantitative estimate of drug-likeness (QED) is 0.372. The number of hydrogen-bond donors (Lipinski definition) is 0. The Bertz CT molecular complexity index is 1220.